The van der Waals surface area contributed by atoms with Gasteiger partial charge < -0.3 is 16.0 Å². The highest BCUT2D eigenvalue weighted by Gasteiger charge is 2.40. The lowest BCUT2D eigenvalue weighted by Crippen LogP contribution is -2.53. The first-order chi connectivity index (χ1) is 8.50. The molecule has 0 bridgehead atoms. The van der Waals surface area contributed by atoms with E-state index in [0.717, 1.165) is 25.0 Å². The van der Waals surface area contributed by atoms with E-state index < -0.39 is 12.1 Å². The van der Waals surface area contributed by atoms with E-state index in [1.165, 1.54) is 0 Å². The van der Waals surface area contributed by atoms with Crippen molar-refractivity contribution in [3.63, 3.8) is 0 Å². The molecule has 102 valence electrons. The van der Waals surface area contributed by atoms with Crippen molar-refractivity contribution >= 4 is 23.6 Å². The molecule has 4 unspecified atom stereocenters. The number of fused-ring (bicyclic) bond motifs is 1. The van der Waals surface area contributed by atoms with Gasteiger partial charge in [0.05, 0.1) is 11.4 Å². The monoisotopic (exact) mass is 271 g/mol. The van der Waals surface area contributed by atoms with Crippen molar-refractivity contribution in [2.24, 2.45) is 5.73 Å². The number of hydrogen-bond acceptors (Lipinski definition) is 4. The van der Waals surface area contributed by atoms with Crippen LogP contribution in [-0.2, 0) is 9.59 Å². The predicted octanol–water partition coefficient (Wildman–Crippen LogP) is 0.292. The second-order valence-corrected chi connectivity index (χ2v) is 6.37. The lowest BCUT2D eigenvalue weighted by Gasteiger charge is -2.28. The first-order valence-electron chi connectivity index (χ1n) is 6.50. The van der Waals surface area contributed by atoms with Crippen molar-refractivity contribution in [2.75, 3.05) is 5.75 Å². The summed E-state index contributed by atoms with van der Waals surface area (Å²) in [6, 6.07) is -0.697. The third-order valence-electron chi connectivity index (χ3n) is 3.54. The molecule has 2 aliphatic heterocycles. The Labute approximate surface area is 112 Å². The number of nitrogens with zero attached hydrogens (tertiary/aromatic N) is 1. The smallest absolute Gasteiger partial charge is 0.246 e. The quantitative estimate of drug-likeness (QED) is 0.757. The van der Waals surface area contributed by atoms with E-state index in [2.05, 4.69) is 12.2 Å². The topological polar surface area (TPSA) is 75.4 Å². The van der Waals surface area contributed by atoms with Crippen molar-refractivity contribution in [3.8, 4) is 0 Å². The summed E-state index contributed by atoms with van der Waals surface area (Å²) in [4.78, 5) is 26.0. The highest BCUT2D eigenvalue weighted by Crippen LogP contribution is 2.35. The maximum atomic E-state index is 12.5. The van der Waals surface area contributed by atoms with E-state index >= 15 is 0 Å². The van der Waals surface area contributed by atoms with Crippen LogP contribution in [0.1, 0.15) is 33.1 Å². The summed E-state index contributed by atoms with van der Waals surface area (Å²) < 4.78 is 0. The van der Waals surface area contributed by atoms with E-state index in [4.69, 9.17) is 5.73 Å². The number of amides is 2. The lowest BCUT2D eigenvalue weighted by atomic mass is 10.1. The third-order valence-corrected chi connectivity index (χ3v) is 5.06. The van der Waals surface area contributed by atoms with Crippen LogP contribution in [-0.4, -0.2) is 46.0 Å². The Balaban J connectivity index is 2.07. The van der Waals surface area contributed by atoms with Gasteiger partial charge in [-0.2, -0.15) is 0 Å². The zero-order valence-corrected chi connectivity index (χ0v) is 11.7. The fraction of sp³-hybridized carbons (Fsp3) is 0.833. The van der Waals surface area contributed by atoms with Gasteiger partial charge in [0, 0.05) is 11.8 Å². The van der Waals surface area contributed by atoms with Gasteiger partial charge in [0.15, 0.2) is 0 Å². The fourth-order valence-corrected chi connectivity index (χ4v) is 3.98. The standard InChI is InChI=1S/C12H21N3O2S/c1-7-6-18-10-5-3-4-9(12(17)15(7)10)14-11(16)8(2)13/h7-10H,3-6,13H2,1-2H3,(H,14,16). The number of rotatable bonds is 2. The Morgan fingerprint density at radius 2 is 2.28 bits per heavy atom. The van der Waals surface area contributed by atoms with Crippen LogP contribution in [0.15, 0.2) is 0 Å². The van der Waals surface area contributed by atoms with Gasteiger partial charge >= 0.3 is 0 Å². The highest BCUT2D eigenvalue weighted by molar-refractivity contribution is 8.00. The largest absolute Gasteiger partial charge is 0.343 e. The van der Waals surface area contributed by atoms with Crippen molar-refractivity contribution in [1.82, 2.24) is 10.2 Å². The maximum Gasteiger partial charge on any atom is 0.246 e. The molecule has 0 radical (unpaired) electrons. The highest BCUT2D eigenvalue weighted by atomic mass is 32.2. The molecule has 3 N–H and O–H groups in total. The van der Waals surface area contributed by atoms with Gasteiger partial charge in [-0.3, -0.25) is 9.59 Å². The zero-order chi connectivity index (χ0) is 13.3. The minimum absolute atomic E-state index is 0.0593. The van der Waals surface area contributed by atoms with E-state index in [0.29, 0.717) is 5.37 Å². The molecule has 18 heavy (non-hydrogen) atoms. The van der Waals surface area contributed by atoms with Crippen molar-refractivity contribution in [2.45, 2.75) is 56.6 Å². The molecule has 2 amide bonds. The second kappa shape index (κ2) is 5.48. The molecule has 2 heterocycles. The molecule has 0 spiro atoms. The predicted molar refractivity (Wildman–Crippen MR) is 72.0 cm³/mol. The molecule has 0 saturated carbocycles. The average Bonchev–Trinajstić information content (AvgIpc) is 2.60. The number of nitrogens with one attached hydrogen (secondary N) is 1. The summed E-state index contributed by atoms with van der Waals surface area (Å²) in [7, 11) is 0. The molecule has 2 aliphatic rings. The molecule has 0 aliphatic carbocycles. The average molecular weight is 271 g/mol. The second-order valence-electron chi connectivity index (χ2n) is 5.16. The molecule has 4 atom stereocenters. The van der Waals surface area contributed by atoms with Crippen molar-refractivity contribution in [1.29, 1.82) is 0 Å². The maximum absolute atomic E-state index is 12.5. The van der Waals surface area contributed by atoms with Gasteiger partial charge in [-0.15, -0.1) is 11.8 Å². The van der Waals surface area contributed by atoms with Gasteiger partial charge in [-0.1, -0.05) is 0 Å². The molecule has 2 rings (SSSR count). The van der Waals surface area contributed by atoms with E-state index in [-0.39, 0.29) is 17.9 Å². The minimum atomic E-state index is -0.567. The summed E-state index contributed by atoms with van der Waals surface area (Å²) in [6.45, 7) is 3.70. The van der Waals surface area contributed by atoms with Crippen LogP contribution in [0.3, 0.4) is 0 Å². The summed E-state index contributed by atoms with van der Waals surface area (Å²) in [6.07, 6.45) is 2.71. The number of carbonyl (C=O) groups excluding carboxylic acids is 2. The molecule has 0 aromatic rings. The molecule has 5 nitrogen and oxygen atoms in total. The van der Waals surface area contributed by atoms with Gasteiger partial charge in [0.1, 0.15) is 6.04 Å². The van der Waals surface area contributed by atoms with E-state index in [1.807, 2.05) is 16.7 Å². The SMILES string of the molecule is CC(N)C(=O)NC1CCCC2SCC(C)N2C1=O. The Bertz CT molecular complexity index is 348. The first-order valence-corrected chi connectivity index (χ1v) is 7.55. The first kappa shape index (κ1) is 13.7. The molecular formula is C12H21N3O2S. The summed E-state index contributed by atoms with van der Waals surface area (Å²) in [5.74, 6) is 0.806. The Kier molecular flexibility index (Phi) is 4.17. The van der Waals surface area contributed by atoms with Crippen LogP contribution in [0.5, 0.6) is 0 Å². The fourth-order valence-electron chi connectivity index (χ4n) is 2.51. The Hall–Kier alpha value is -0.750. The number of nitrogens with two attached hydrogens (primary N) is 1. The van der Waals surface area contributed by atoms with Gasteiger partial charge in [-0.25, -0.2) is 0 Å². The van der Waals surface area contributed by atoms with Crippen LogP contribution >= 0.6 is 11.8 Å². The summed E-state index contributed by atoms with van der Waals surface area (Å²) >= 11 is 1.85. The van der Waals surface area contributed by atoms with Gasteiger partial charge in [0.2, 0.25) is 11.8 Å². The molecule has 2 saturated heterocycles. The summed E-state index contributed by atoms with van der Waals surface area (Å²) in [5, 5.41) is 3.07. The molecule has 2 fully saturated rings. The molecular weight excluding hydrogens is 250 g/mol. The Morgan fingerprint density at radius 3 is 2.94 bits per heavy atom. The van der Waals surface area contributed by atoms with Crippen LogP contribution in [0.25, 0.3) is 0 Å². The molecule has 0 aromatic carbocycles. The van der Waals surface area contributed by atoms with Gasteiger partial charge in [-0.05, 0) is 33.1 Å². The lowest BCUT2D eigenvalue weighted by molar-refractivity contribution is -0.137. The normalized spacial score (nSPS) is 33.8. The Morgan fingerprint density at radius 1 is 1.56 bits per heavy atom. The van der Waals surface area contributed by atoms with Crippen molar-refractivity contribution < 1.29 is 9.59 Å². The molecule has 6 heteroatoms. The number of hydrogen-bond donors (Lipinski definition) is 2. The van der Waals surface area contributed by atoms with E-state index in [9.17, 15) is 9.59 Å². The number of thioether (sulfide) groups is 1. The molecule has 0 aromatic heterocycles. The van der Waals surface area contributed by atoms with E-state index in [1.54, 1.807) is 6.92 Å². The van der Waals surface area contributed by atoms with Crippen LogP contribution in [0.4, 0.5) is 0 Å². The van der Waals surface area contributed by atoms with Crippen LogP contribution in [0, 0.1) is 0 Å². The van der Waals surface area contributed by atoms with Gasteiger partial charge in [0.25, 0.3) is 0 Å². The third kappa shape index (κ3) is 2.64. The van der Waals surface area contributed by atoms with Crippen LogP contribution < -0.4 is 11.1 Å². The minimum Gasteiger partial charge on any atom is -0.343 e. The van der Waals surface area contributed by atoms with Crippen molar-refractivity contribution in [3.05, 3.63) is 0 Å². The van der Waals surface area contributed by atoms with Crippen LogP contribution in [0.2, 0.25) is 0 Å². The summed E-state index contributed by atoms with van der Waals surface area (Å²) in [5.41, 5.74) is 5.53. The number of carbonyl (C=O) groups is 2. The zero-order valence-electron chi connectivity index (χ0n) is 10.9.